The zero-order chi connectivity index (χ0) is 28.6. The van der Waals surface area contributed by atoms with Crippen molar-refractivity contribution >= 4 is 28.9 Å². The van der Waals surface area contributed by atoms with E-state index >= 15 is 0 Å². The van der Waals surface area contributed by atoms with Crippen molar-refractivity contribution in [3.8, 4) is 0 Å². The van der Waals surface area contributed by atoms with Gasteiger partial charge in [0.1, 0.15) is 6.10 Å². The largest absolute Gasteiger partial charge is 0.384 e. The van der Waals surface area contributed by atoms with Gasteiger partial charge in [-0.3, -0.25) is 24.0 Å². The van der Waals surface area contributed by atoms with Gasteiger partial charge < -0.3 is 5.11 Å². The molecule has 8 bridgehead atoms. The third-order valence-corrected chi connectivity index (χ3v) is 11.2. The fourth-order valence-corrected chi connectivity index (χ4v) is 8.95. The summed E-state index contributed by atoms with van der Waals surface area (Å²) in [5.41, 5.74) is 9.97. The molecule has 0 heterocycles. The van der Waals surface area contributed by atoms with Gasteiger partial charge in [-0.15, -0.1) is 0 Å². The van der Waals surface area contributed by atoms with Gasteiger partial charge in [-0.05, 0) is 79.2 Å². The van der Waals surface area contributed by atoms with E-state index in [-0.39, 0.29) is 18.8 Å². The fourth-order valence-electron chi connectivity index (χ4n) is 8.95. The van der Waals surface area contributed by atoms with Crippen molar-refractivity contribution < 1.29 is 29.1 Å². The SMILES string of the molecule is O=C1C(=O)C2CC3=C4C=C2CC2=C1CC1C(=C2)CC2=C(CC5C(=O)C(=O)C6=C(C=C(C4)C(C=C3)C6)CC5=C2)C(=O)C1O. The van der Waals surface area contributed by atoms with Gasteiger partial charge in [-0.1, -0.05) is 58.7 Å². The lowest BCUT2D eigenvalue weighted by Gasteiger charge is -2.28. The first kappa shape index (κ1) is 24.6. The molecule has 0 saturated heterocycles. The number of aliphatic hydroxyl groups excluding tert-OH is 1. The van der Waals surface area contributed by atoms with Crippen molar-refractivity contribution in [3.63, 3.8) is 0 Å². The van der Waals surface area contributed by atoms with Crippen LogP contribution in [0.15, 0.2) is 103 Å². The summed E-state index contributed by atoms with van der Waals surface area (Å²) in [6.07, 6.45) is 14.2. The Morgan fingerprint density at radius 3 is 1.81 bits per heavy atom. The van der Waals surface area contributed by atoms with Crippen molar-refractivity contribution in [2.24, 2.45) is 23.7 Å². The van der Waals surface area contributed by atoms with Crippen LogP contribution in [0, 0.1) is 23.7 Å². The van der Waals surface area contributed by atoms with E-state index in [1.807, 2.05) is 12.2 Å². The van der Waals surface area contributed by atoms with Crippen LogP contribution in [0.1, 0.15) is 51.4 Å². The van der Waals surface area contributed by atoms with Crippen LogP contribution >= 0.6 is 0 Å². The Morgan fingerprint density at radius 1 is 0.524 bits per heavy atom. The van der Waals surface area contributed by atoms with E-state index < -0.39 is 52.8 Å². The maximum Gasteiger partial charge on any atom is 0.225 e. The Morgan fingerprint density at radius 2 is 1.07 bits per heavy atom. The summed E-state index contributed by atoms with van der Waals surface area (Å²) < 4.78 is 0. The van der Waals surface area contributed by atoms with Crippen LogP contribution in [-0.2, 0) is 24.0 Å². The number of hydrogen-bond donors (Lipinski definition) is 1. The van der Waals surface area contributed by atoms with Gasteiger partial charge in [0.05, 0.1) is 11.8 Å². The molecule has 0 aliphatic heterocycles. The molecule has 9 rings (SSSR count). The molecule has 42 heavy (non-hydrogen) atoms. The Kier molecular flexibility index (Phi) is 4.85. The first-order chi connectivity index (χ1) is 20.2. The third kappa shape index (κ3) is 3.22. The van der Waals surface area contributed by atoms with Gasteiger partial charge in [0.25, 0.3) is 0 Å². The number of ketones is 5. The molecule has 5 unspecified atom stereocenters. The number of allylic oxidation sites excluding steroid dienone is 16. The molecule has 6 heteroatoms. The molecule has 0 spiro atoms. The van der Waals surface area contributed by atoms with E-state index in [1.165, 1.54) is 5.57 Å². The number of hydrogen-bond acceptors (Lipinski definition) is 6. The molecule has 0 amide bonds. The van der Waals surface area contributed by atoms with Gasteiger partial charge in [0.2, 0.25) is 23.1 Å². The first-order valence-electron chi connectivity index (χ1n) is 15.0. The van der Waals surface area contributed by atoms with E-state index in [0.717, 1.165) is 44.6 Å². The number of aliphatic hydroxyl groups is 1. The van der Waals surface area contributed by atoms with Crippen LogP contribution in [0.3, 0.4) is 0 Å². The van der Waals surface area contributed by atoms with Gasteiger partial charge in [-0.25, -0.2) is 0 Å². The number of Topliss-reactive ketones (excluding diaryl/α,β-unsaturated/α-hetero) is 5. The molecule has 9 aliphatic rings. The Balaban J connectivity index is 1.31. The van der Waals surface area contributed by atoms with Gasteiger partial charge in [0, 0.05) is 28.6 Å². The summed E-state index contributed by atoms with van der Waals surface area (Å²) in [4.78, 5) is 68.6. The topological polar surface area (TPSA) is 106 Å². The first-order valence-corrected chi connectivity index (χ1v) is 15.0. The average Bonchev–Trinajstić information content (AvgIpc) is 3.29. The molecule has 0 fully saturated rings. The van der Waals surface area contributed by atoms with Gasteiger partial charge >= 0.3 is 0 Å². The predicted octanol–water partition coefficient (Wildman–Crippen LogP) is 4.35. The van der Waals surface area contributed by atoms with Crippen molar-refractivity contribution in [2.75, 3.05) is 0 Å². The van der Waals surface area contributed by atoms with Crippen molar-refractivity contribution in [1.29, 1.82) is 0 Å². The van der Waals surface area contributed by atoms with Crippen molar-refractivity contribution in [3.05, 3.63) is 103 Å². The molecular weight excluding hydrogens is 528 g/mol. The molecule has 208 valence electrons. The van der Waals surface area contributed by atoms with E-state index in [1.54, 1.807) is 0 Å². The highest BCUT2D eigenvalue weighted by molar-refractivity contribution is 6.46. The lowest BCUT2D eigenvalue weighted by atomic mass is 9.76. The minimum Gasteiger partial charge on any atom is -0.384 e. The molecule has 0 aromatic carbocycles. The number of carbonyl (C=O) groups is 5. The van der Waals surface area contributed by atoms with Crippen LogP contribution in [0.2, 0.25) is 0 Å². The summed E-state index contributed by atoms with van der Waals surface area (Å²) in [5, 5.41) is 11.4. The lowest BCUT2D eigenvalue weighted by molar-refractivity contribution is -0.136. The Bertz CT molecular complexity index is 1840. The summed E-state index contributed by atoms with van der Waals surface area (Å²) in [6, 6.07) is 0. The summed E-state index contributed by atoms with van der Waals surface area (Å²) >= 11 is 0. The second-order valence-corrected chi connectivity index (χ2v) is 13.3. The standard InChI is InChI=1S/C36H28O6/c37-31-25-11-15-1-2-16-12-26-20-5-18(16)3-17(15)4-19(25)6-21-8-23-10-24-9-22(7-20)28(34(40)32(26)38)14-30(24)36(42)35(41)29(23)13-27(21)33(31)39/h1-2,4-5,8-9,15,26-27,30,36,42H,3,6-7,10-14H2. The zero-order valence-corrected chi connectivity index (χ0v) is 23.0. The minimum atomic E-state index is -1.38. The monoisotopic (exact) mass is 556 g/mol. The van der Waals surface area contributed by atoms with Crippen LogP contribution in [0.4, 0.5) is 0 Å². The molecule has 5 atom stereocenters. The molecule has 0 saturated carbocycles. The number of rotatable bonds is 0. The second kappa shape index (κ2) is 8.29. The van der Waals surface area contributed by atoms with E-state index in [2.05, 4.69) is 24.3 Å². The second-order valence-electron chi connectivity index (χ2n) is 13.3. The van der Waals surface area contributed by atoms with Crippen LogP contribution in [0.25, 0.3) is 0 Å². The van der Waals surface area contributed by atoms with Crippen LogP contribution < -0.4 is 0 Å². The Hall–Kier alpha value is -4.03. The smallest absolute Gasteiger partial charge is 0.225 e. The van der Waals surface area contributed by atoms with E-state index in [4.69, 9.17) is 0 Å². The molecular formula is C36H28O6. The fraction of sp³-hybridized carbons (Fsp3) is 0.361. The molecule has 0 radical (unpaired) electrons. The van der Waals surface area contributed by atoms with Gasteiger partial charge in [-0.2, -0.15) is 0 Å². The molecule has 6 nitrogen and oxygen atoms in total. The molecule has 9 aliphatic carbocycles. The zero-order valence-electron chi connectivity index (χ0n) is 23.0. The maximum atomic E-state index is 13.8. The van der Waals surface area contributed by atoms with E-state index in [0.29, 0.717) is 55.2 Å². The predicted molar refractivity (Wildman–Crippen MR) is 152 cm³/mol. The molecule has 1 N–H and O–H groups in total. The van der Waals surface area contributed by atoms with Gasteiger partial charge in [0.15, 0.2) is 5.78 Å². The maximum absolute atomic E-state index is 13.8. The highest BCUT2D eigenvalue weighted by Gasteiger charge is 2.47. The normalized spacial score (nSPS) is 34.6. The van der Waals surface area contributed by atoms with E-state index in [9.17, 15) is 29.1 Å². The Labute approximate surface area is 242 Å². The summed E-state index contributed by atoms with van der Waals surface area (Å²) in [7, 11) is 0. The number of carbonyl (C=O) groups excluding carboxylic acids is 5. The minimum absolute atomic E-state index is 0.0266. The van der Waals surface area contributed by atoms with Crippen LogP contribution in [-0.4, -0.2) is 40.1 Å². The third-order valence-electron chi connectivity index (χ3n) is 11.2. The molecule has 0 aromatic heterocycles. The van der Waals surface area contributed by atoms with Crippen molar-refractivity contribution in [2.45, 2.75) is 57.5 Å². The highest BCUT2D eigenvalue weighted by Crippen LogP contribution is 2.51. The molecule has 0 aromatic rings. The summed E-state index contributed by atoms with van der Waals surface area (Å²) in [5.74, 6) is -4.15. The van der Waals surface area contributed by atoms with Crippen LogP contribution in [0.5, 0.6) is 0 Å². The highest BCUT2D eigenvalue weighted by atomic mass is 16.3. The quantitative estimate of drug-likeness (QED) is 0.445. The summed E-state index contributed by atoms with van der Waals surface area (Å²) in [6.45, 7) is 0. The average molecular weight is 557 g/mol. The van der Waals surface area contributed by atoms with Crippen molar-refractivity contribution in [1.82, 2.24) is 0 Å². The lowest BCUT2D eigenvalue weighted by Crippen LogP contribution is -2.35.